The van der Waals surface area contributed by atoms with Gasteiger partial charge >= 0.3 is 0 Å². The lowest BCUT2D eigenvalue weighted by atomic mass is 10.0. The van der Waals surface area contributed by atoms with Crippen LogP contribution in [0.5, 0.6) is 0 Å². The molecular formula is C16H24ClFN2O. The molecule has 0 amide bonds. The van der Waals surface area contributed by atoms with Crippen LogP contribution in [0.15, 0.2) is 18.2 Å². The molecule has 0 spiro atoms. The first kappa shape index (κ1) is 16.7. The van der Waals surface area contributed by atoms with Crippen LogP contribution in [0.1, 0.15) is 18.4 Å². The molecule has 1 fully saturated rings. The van der Waals surface area contributed by atoms with Gasteiger partial charge in [0.05, 0.1) is 0 Å². The summed E-state index contributed by atoms with van der Waals surface area (Å²) in [6, 6.07) is 5.12. The number of likely N-dealkylation sites (tertiary alicyclic amines) is 1. The molecule has 1 aliphatic heterocycles. The van der Waals surface area contributed by atoms with Gasteiger partial charge in [-0.25, -0.2) is 4.39 Å². The minimum Gasteiger partial charge on any atom is -0.396 e. The lowest BCUT2D eigenvalue weighted by Gasteiger charge is -2.29. The molecule has 1 saturated heterocycles. The molecule has 0 bridgehead atoms. The van der Waals surface area contributed by atoms with Crippen molar-refractivity contribution in [3.8, 4) is 0 Å². The zero-order valence-corrected chi connectivity index (χ0v) is 13.5. The summed E-state index contributed by atoms with van der Waals surface area (Å²) in [5.74, 6) is 0.0443. The first-order valence-electron chi connectivity index (χ1n) is 7.43. The molecule has 1 heterocycles. The molecule has 3 nitrogen and oxygen atoms in total. The molecule has 1 N–H and O–H groups in total. The number of hydrogen-bond donors (Lipinski definition) is 1. The number of rotatable bonds is 4. The van der Waals surface area contributed by atoms with Gasteiger partial charge in [0.1, 0.15) is 5.82 Å². The molecular weight excluding hydrogens is 291 g/mol. The predicted molar refractivity (Wildman–Crippen MR) is 84.0 cm³/mol. The SMILES string of the molecule is CN(C)[C@@H]1CC[C@H](CO)CN(Cc2cc(Cl)ccc2F)C1. The van der Waals surface area contributed by atoms with Crippen LogP contribution in [0.4, 0.5) is 4.39 Å². The lowest BCUT2D eigenvalue weighted by Crippen LogP contribution is -2.39. The van der Waals surface area contributed by atoms with Crippen LogP contribution in [-0.4, -0.2) is 54.7 Å². The molecule has 0 saturated carbocycles. The number of aliphatic hydroxyl groups is 1. The topological polar surface area (TPSA) is 26.7 Å². The number of likely N-dealkylation sites (N-methyl/N-ethyl adjacent to an activating group) is 1. The quantitative estimate of drug-likeness (QED) is 0.925. The van der Waals surface area contributed by atoms with Crippen molar-refractivity contribution in [2.75, 3.05) is 33.8 Å². The number of aliphatic hydroxyl groups excluding tert-OH is 1. The van der Waals surface area contributed by atoms with Gasteiger partial charge in [-0.15, -0.1) is 0 Å². The highest BCUT2D eigenvalue weighted by Crippen LogP contribution is 2.22. The molecule has 1 aromatic carbocycles. The molecule has 1 aliphatic rings. The maximum absolute atomic E-state index is 13.9. The normalized spacial score (nSPS) is 24.3. The van der Waals surface area contributed by atoms with E-state index in [1.807, 2.05) is 0 Å². The Hall–Kier alpha value is -0.680. The minimum absolute atomic E-state index is 0.189. The van der Waals surface area contributed by atoms with Crippen molar-refractivity contribution < 1.29 is 9.50 Å². The number of hydrogen-bond acceptors (Lipinski definition) is 3. The molecule has 5 heteroatoms. The smallest absolute Gasteiger partial charge is 0.127 e. The second-order valence-corrected chi connectivity index (χ2v) is 6.61. The van der Waals surface area contributed by atoms with E-state index in [-0.39, 0.29) is 18.3 Å². The Kier molecular flexibility index (Phi) is 5.99. The van der Waals surface area contributed by atoms with E-state index in [1.165, 1.54) is 6.07 Å². The van der Waals surface area contributed by atoms with Crippen LogP contribution in [0.2, 0.25) is 5.02 Å². The average molecular weight is 315 g/mol. The molecule has 21 heavy (non-hydrogen) atoms. The van der Waals surface area contributed by atoms with E-state index in [1.54, 1.807) is 12.1 Å². The van der Waals surface area contributed by atoms with Crippen LogP contribution in [0.3, 0.4) is 0 Å². The van der Waals surface area contributed by atoms with E-state index in [0.29, 0.717) is 23.2 Å². The summed E-state index contributed by atoms with van der Waals surface area (Å²) in [6.45, 7) is 2.41. The minimum atomic E-state index is -0.217. The molecule has 1 aromatic rings. The number of nitrogens with zero attached hydrogens (tertiary/aromatic N) is 2. The Morgan fingerprint density at radius 2 is 2.10 bits per heavy atom. The van der Waals surface area contributed by atoms with E-state index in [2.05, 4.69) is 23.9 Å². The van der Waals surface area contributed by atoms with E-state index in [0.717, 1.165) is 25.9 Å². The van der Waals surface area contributed by atoms with Crippen molar-refractivity contribution in [1.29, 1.82) is 0 Å². The van der Waals surface area contributed by atoms with Crippen molar-refractivity contribution in [3.63, 3.8) is 0 Å². The maximum atomic E-state index is 13.9. The zero-order chi connectivity index (χ0) is 15.4. The Bertz CT molecular complexity index is 470. The Morgan fingerprint density at radius 1 is 1.33 bits per heavy atom. The van der Waals surface area contributed by atoms with Crippen LogP contribution >= 0.6 is 11.6 Å². The van der Waals surface area contributed by atoms with Crippen LogP contribution in [0, 0.1) is 11.7 Å². The molecule has 0 radical (unpaired) electrons. The third kappa shape index (κ3) is 4.65. The van der Waals surface area contributed by atoms with Gasteiger partial charge in [0.25, 0.3) is 0 Å². The van der Waals surface area contributed by atoms with Gasteiger partial charge in [-0.1, -0.05) is 11.6 Å². The summed E-state index contributed by atoms with van der Waals surface area (Å²) in [5, 5.41) is 10.0. The third-order valence-electron chi connectivity index (χ3n) is 4.28. The second kappa shape index (κ2) is 7.54. The van der Waals surface area contributed by atoms with Crippen molar-refractivity contribution in [1.82, 2.24) is 9.80 Å². The van der Waals surface area contributed by atoms with Gasteiger partial charge in [-0.2, -0.15) is 0 Å². The standard InChI is InChI=1S/C16H24ClFN2O/c1-19(2)15-5-3-12(11-21)8-20(10-15)9-13-7-14(17)4-6-16(13)18/h4,6-7,12,15,21H,3,5,8-11H2,1-2H3/t12-,15+/m0/s1. The van der Waals surface area contributed by atoms with Crippen LogP contribution < -0.4 is 0 Å². The molecule has 2 atom stereocenters. The van der Waals surface area contributed by atoms with Gasteiger partial charge in [0.2, 0.25) is 0 Å². The molecule has 0 aliphatic carbocycles. The van der Waals surface area contributed by atoms with Crippen molar-refractivity contribution in [2.24, 2.45) is 5.92 Å². The Morgan fingerprint density at radius 3 is 2.76 bits per heavy atom. The maximum Gasteiger partial charge on any atom is 0.127 e. The molecule has 2 rings (SSSR count). The average Bonchev–Trinajstić information content (AvgIpc) is 2.65. The fourth-order valence-corrected chi connectivity index (χ4v) is 3.15. The summed E-state index contributed by atoms with van der Waals surface area (Å²) in [5.41, 5.74) is 0.624. The summed E-state index contributed by atoms with van der Waals surface area (Å²) in [4.78, 5) is 4.44. The van der Waals surface area contributed by atoms with Gasteiger partial charge < -0.3 is 10.0 Å². The van der Waals surface area contributed by atoms with Crippen molar-refractivity contribution in [2.45, 2.75) is 25.4 Å². The Balaban J connectivity index is 2.12. The van der Waals surface area contributed by atoms with Crippen LogP contribution in [0.25, 0.3) is 0 Å². The first-order valence-corrected chi connectivity index (χ1v) is 7.81. The monoisotopic (exact) mass is 314 g/mol. The molecule has 0 unspecified atom stereocenters. The van der Waals surface area contributed by atoms with Crippen molar-refractivity contribution >= 4 is 11.6 Å². The zero-order valence-electron chi connectivity index (χ0n) is 12.7. The van der Waals surface area contributed by atoms with Gasteiger partial charge in [0, 0.05) is 42.9 Å². The predicted octanol–water partition coefficient (Wildman–Crippen LogP) is 2.61. The summed E-state index contributed by atoms with van der Waals surface area (Å²) in [6.07, 6.45) is 2.07. The highest BCUT2D eigenvalue weighted by Gasteiger charge is 2.25. The van der Waals surface area contributed by atoms with Crippen LogP contribution in [-0.2, 0) is 6.54 Å². The van der Waals surface area contributed by atoms with Gasteiger partial charge in [-0.05, 0) is 51.1 Å². The molecule has 0 aromatic heterocycles. The largest absolute Gasteiger partial charge is 0.396 e. The molecule has 118 valence electrons. The highest BCUT2D eigenvalue weighted by atomic mass is 35.5. The van der Waals surface area contributed by atoms with E-state index < -0.39 is 0 Å². The van der Waals surface area contributed by atoms with E-state index in [4.69, 9.17) is 11.6 Å². The van der Waals surface area contributed by atoms with Gasteiger partial charge in [-0.3, -0.25) is 4.90 Å². The first-order chi connectivity index (χ1) is 9.99. The third-order valence-corrected chi connectivity index (χ3v) is 4.52. The van der Waals surface area contributed by atoms with Crippen molar-refractivity contribution in [3.05, 3.63) is 34.6 Å². The summed E-state index contributed by atoms with van der Waals surface area (Å²) in [7, 11) is 4.14. The summed E-state index contributed by atoms with van der Waals surface area (Å²) >= 11 is 5.97. The van der Waals surface area contributed by atoms with Gasteiger partial charge in [0.15, 0.2) is 0 Å². The fraction of sp³-hybridized carbons (Fsp3) is 0.625. The second-order valence-electron chi connectivity index (χ2n) is 6.17. The van der Waals surface area contributed by atoms with E-state index >= 15 is 0 Å². The Labute approximate surface area is 131 Å². The number of halogens is 2. The fourth-order valence-electron chi connectivity index (χ4n) is 2.95. The van der Waals surface area contributed by atoms with E-state index in [9.17, 15) is 9.50 Å². The summed E-state index contributed by atoms with van der Waals surface area (Å²) < 4.78 is 13.9. The lowest BCUT2D eigenvalue weighted by molar-refractivity contribution is 0.157. The number of benzene rings is 1. The highest BCUT2D eigenvalue weighted by molar-refractivity contribution is 6.30.